The van der Waals surface area contributed by atoms with Crippen molar-refractivity contribution in [3.05, 3.63) is 71.8 Å². The van der Waals surface area contributed by atoms with Crippen LogP contribution in [0.15, 0.2) is 60.7 Å². The van der Waals surface area contributed by atoms with E-state index >= 15 is 0 Å². The first-order valence-electron chi connectivity index (χ1n) is 6.31. The van der Waals surface area contributed by atoms with Crippen molar-refractivity contribution in [2.75, 3.05) is 0 Å². The Hall–Kier alpha value is -2.01. The zero-order chi connectivity index (χ0) is 16.5. The van der Waals surface area contributed by atoms with Crippen molar-refractivity contribution in [1.29, 1.82) is 0 Å². The smallest absolute Gasteiger partial charge is 0.547 e. The van der Waals surface area contributed by atoms with Crippen LogP contribution < -0.4 is 10.2 Å². The molecule has 0 fully saturated rings. The minimum absolute atomic E-state index is 0. The average Bonchev–Trinajstić information content (AvgIpc) is 2.55. The van der Waals surface area contributed by atoms with Gasteiger partial charge in [-0.1, -0.05) is 60.7 Å². The molecule has 9 heteroatoms. The molecular formula is C16H18MgO8. The molecule has 2 atom stereocenters. The quantitative estimate of drug-likeness (QED) is 0.543. The van der Waals surface area contributed by atoms with E-state index in [1.807, 2.05) is 0 Å². The van der Waals surface area contributed by atoms with E-state index in [4.69, 9.17) is 10.2 Å². The van der Waals surface area contributed by atoms with Gasteiger partial charge in [-0.3, -0.25) is 0 Å². The number of rotatable bonds is 4. The molecule has 0 saturated heterocycles. The number of carbonyl (C=O) groups is 2. The topological polar surface area (TPSA) is 184 Å². The Labute approximate surface area is 160 Å². The van der Waals surface area contributed by atoms with Crippen LogP contribution in [-0.4, -0.2) is 56.2 Å². The predicted molar refractivity (Wildman–Crippen MR) is 85.8 cm³/mol. The van der Waals surface area contributed by atoms with E-state index in [0.29, 0.717) is 11.1 Å². The first kappa shape index (κ1) is 27.8. The molecule has 0 aliphatic heterocycles. The van der Waals surface area contributed by atoms with Crippen molar-refractivity contribution in [3.8, 4) is 0 Å². The molecular weight excluding hydrogens is 344 g/mol. The Morgan fingerprint density at radius 3 is 1.12 bits per heavy atom. The summed E-state index contributed by atoms with van der Waals surface area (Å²) in [6.07, 6.45) is -3.03. The second kappa shape index (κ2) is 14.3. The van der Waals surface area contributed by atoms with Crippen molar-refractivity contribution in [2.24, 2.45) is 0 Å². The van der Waals surface area contributed by atoms with Gasteiger partial charge in [0.25, 0.3) is 0 Å². The minimum atomic E-state index is -1.52. The largest absolute Gasteiger partial charge is 2.00 e. The molecule has 0 aliphatic carbocycles. The van der Waals surface area contributed by atoms with E-state index in [-0.39, 0.29) is 34.0 Å². The number of aliphatic carboxylic acids is 2. The Morgan fingerprint density at radius 2 is 0.920 bits per heavy atom. The van der Waals surface area contributed by atoms with Crippen molar-refractivity contribution >= 4 is 35.0 Å². The van der Waals surface area contributed by atoms with Crippen LogP contribution in [0.5, 0.6) is 0 Å². The summed E-state index contributed by atoms with van der Waals surface area (Å²) in [5, 5.41) is 38.1. The minimum Gasteiger partial charge on any atom is -0.547 e. The molecule has 2 rings (SSSR count). The number of aliphatic hydroxyl groups excluding tert-OH is 2. The molecule has 2 aromatic rings. The van der Waals surface area contributed by atoms with E-state index in [1.165, 1.54) is 24.3 Å². The Balaban J connectivity index is -0.000000346. The second-order valence-electron chi connectivity index (χ2n) is 4.26. The van der Waals surface area contributed by atoms with Gasteiger partial charge in [-0.25, -0.2) is 0 Å². The third-order valence-corrected chi connectivity index (χ3v) is 2.68. The molecule has 0 spiro atoms. The summed E-state index contributed by atoms with van der Waals surface area (Å²) in [4.78, 5) is 20.3. The van der Waals surface area contributed by atoms with Gasteiger partial charge in [-0.15, -0.1) is 0 Å². The van der Waals surface area contributed by atoms with Crippen LogP contribution in [-0.2, 0) is 9.59 Å². The molecule has 25 heavy (non-hydrogen) atoms. The summed E-state index contributed by atoms with van der Waals surface area (Å²) in [7, 11) is 0. The maximum atomic E-state index is 10.1. The van der Waals surface area contributed by atoms with Gasteiger partial charge < -0.3 is 41.0 Å². The number of carboxylic acid groups (broad SMARTS) is 2. The van der Waals surface area contributed by atoms with Gasteiger partial charge in [0.1, 0.15) is 12.2 Å². The van der Waals surface area contributed by atoms with Crippen molar-refractivity contribution in [2.45, 2.75) is 12.2 Å². The van der Waals surface area contributed by atoms with Gasteiger partial charge in [0.2, 0.25) is 0 Å². The SMILES string of the molecule is O.O.O=C([O-])[C@H](O)c1ccccc1.O=C([O-])[C@H](O)c1ccccc1.[Mg+2]. The van der Waals surface area contributed by atoms with Gasteiger partial charge in [-0.05, 0) is 11.1 Å². The zero-order valence-corrected chi connectivity index (χ0v) is 14.6. The summed E-state index contributed by atoms with van der Waals surface area (Å²) in [6.45, 7) is 0. The third-order valence-electron chi connectivity index (χ3n) is 2.68. The van der Waals surface area contributed by atoms with Gasteiger partial charge >= 0.3 is 23.1 Å². The summed E-state index contributed by atoms with van der Waals surface area (Å²) in [5.41, 5.74) is 0.681. The summed E-state index contributed by atoms with van der Waals surface area (Å²) >= 11 is 0. The van der Waals surface area contributed by atoms with E-state index in [1.54, 1.807) is 36.4 Å². The van der Waals surface area contributed by atoms with Crippen LogP contribution in [0.4, 0.5) is 0 Å². The molecule has 6 N–H and O–H groups in total. The Morgan fingerprint density at radius 1 is 0.680 bits per heavy atom. The summed E-state index contributed by atoms with van der Waals surface area (Å²) < 4.78 is 0. The monoisotopic (exact) mass is 362 g/mol. The molecule has 0 amide bonds. The molecule has 0 unspecified atom stereocenters. The standard InChI is InChI=1S/2C8H8O3.Mg.2H2O/c2*9-7(8(10)11)6-4-2-1-3-5-6;;;/h2*1-5,7,9H,(H,10,11);;2*1H2/q;;+2;;/p-2/t2*7-;;;/m11.../s1. The zero-order valence-electron chi connectivity index (χ0n) is 13.2. The fraction of sp³-hybridized carbons (Fsp3) is 0.125. The number of hydrogen-bond acceptors (Lipinski definition) is 6. The predicted octanol–water partition coefficient (Wildman–Crippen LogP) is -3.09. The number of carboxylic acids is 2. The number of benzene rings is 2. The summed E-state index contributed by atoms with van der Waals surface area (Å²) in [6, 6.07) is 16.2. The van der Waals surface area contributed by atoms with Crippen LogP contribution in [0.1, 0.15) is 23.3 Å². The maximum Gasteiger partial charge on any atom is 2.00 e. The molecule has 0 radical (unpaired) electrons. The van der Waals surface area contributed by atoms with Gasteiger partial charge in [0.15, 0.2) is 0 Å². The van der Waals surface area contributed by atoms with Crippen molar-refractivity contribution < 1.29 is 41.0 Å². The van der Waals surface area contributed by atoms with Crippen molar-refractivity contribution in [1.82, 2.24) is 0 Å². The first-order chi connectivity index (χ1) is 10.4. The van der Waals surface area contributed by atoms with Gasteiger partial charge in [0.05, 0.1) is 11.9 Å². The molecule has 0 aromatic heterocycles. The van der Waals surface area contributed by atoms with Gasteiger partial charge in [0, 0.05) is 0 Å². The molecule has 0 aliphatic rings. The molecule has 0 bridgehead atoms. The number of hydrogen-bond donors (Lipinski definition) is 2. The number of carbonyl (C=O) groups excluding carboxylic acids is 2. The number of aliphatic hydroxyl groups is 2. The Kier molecular flexibility index (Phi) is 16.0. The van der Waals surface area contributed by atoms with Crippen LogP contribution in [0.2, 0.25) is 0 Å². The van der Waals surface area contributed by atoms with Crippen LogP contribution in [0.3, 0.4) is 0 Å². The van der Waals surface area contributed by atoms with Crippen LogP contribution in [0, 0.1) is 0 Å². The van der Waals surface area contributed by atoms with E-state index in [2.05, 4.69) is 0 Å². The second-order valence-corrected chi connectivity index (χ2v) is 4.26. The maximum absolute atomic E-state index is 10.1. The van der Waals surface area contributed by atoms with Crippen LogP contribution >= 0.6 is 0 Å². The average molecular weight is 363 g/mol. The van der Waals surface area contributed by atoms with E-state index in [0.717, 1.165) is 0 Å². The van der Waals surface area contributed by atoms with Crippen molar-refractivity contribution in [3.63, 3.8) is 0 Å². The Bertz CT molecular complexity index is 551. The third kappa shape index (κ3) is 9.77. The molecule has 2 aromatic carbocycles. The van der Waals surface area contributed by atoms with E-state index in [9.17, 15) is 19.8 Å². The fourth-order valence-electron chi connectivity index (χ4n) is 1.54. The first-order valence-corrected chi connectivity index (χ1v) is 6.31. The molecule has 0 heterocycles. The molecule has 132 valence electrons. The van der Waals surface area contributed by atoms with Crippen LogP contribution in [0.25, 0.3) is 0 Å². The molecule has 0 saturated carbocycles. The molecule has 8 nitrogen and oxygen atoms in total. The van der Waals surface area contributed by atoms with E-state index < -0.39 is 24.1 Å². The fourth-order valence-corrected chi connectivity index (χ4v) is 1.54. The normalized spacial score (nSPS) is 11.0. The van der Waals surface area contributed by atoms with Gasteiger partial charge in [-0.2, -0.15) is 0 Å². The summed E-state index contributed by atoms with van der Waals surface area (Å²) in [5.74, 6) is -2.95.